The molecule has 0 bridgehead atoms. The highest BCUT2D eigenvalue weighted by Gasteiger charge is 2.44. The number of ether oxygens (including phenoxy) is 1. The second-order valence-electron chi connectivity index (χ2n) is 7.43. The van der Waals surface area contributed by atoms with Crippen LogP contribution >= 0.6 is 0 Å². The largest absolute Gasteiger partial charge is 0.508 e. The summed E-state index contributed by atoms with van der Waals surface area (Å²) in [5.74, 6) is -0.0248. The molecule has 2 N–H and O–H groups in total. The van der Waals surface area contributed by atoms with E-state index in [4.69, 9.17) is 4.74 Å². The zero-order valence-electron chi connectivity index (χ0n) is 16.6. The second-order valence-corrected chi connectivity index (χ2v) is 7.43. The number of nitrogens with one attached hydrogen (secondary N) is 1. The molecule has 2 aromatic carbocycles. The van der Waals surface area contributed by atoms with Gasteiger partial charge in [-0.25, -0.2) is 0 Å². The summed E-state index contributed by atoms with van der Waals surface area (Å²) in [6.07, 6.45) is 0.345. The van der Waals surface area contributed by atoms with Crippen LogP contribution in [0.4, 0.5) is 0 Å². The highest BCUT2D eigenvalue weighted by Crippen LogP contribution is 2.23. The lowest BCUT2D eigenvalue weighted by atomic mass is 9.98. The van der Waals surface area contributed by atoms with E-state index in [1.54, 1.807) is 58.3 Å². The van der Waals surface area contributed by atoms with Crippen LogP contribution in [0.1, 0.15) is 15.9 Å². The Bertz CT molecular complexity index is 975. The van der Waals surface area contributed by atoms with Crippen LogP contribution in [0.25, 0.3) is 0 Å². The number of fused-ring (bicyclic) bond motifs is 1. The van der Waals surface area contributed by atoms with Crippen molar-refractivity contribution in [1.29, 1.82) is 0 Å². The first-order valence-corrected chi connectivity index (χ1v) is 9.79. The van der Waals surface area contributed by atoms with E-state index >= 15 is 0 Å². The third-order valence-electron chi connectivity index (χ3n) is 5.58. The lowest BCUT2D eigenvalue weighted by Crippen LogP contribution is -2.70. The van der Waals surface area contributed by atoms with Crippen LogP contribution in [-0.4, -0.2) is 71.5 Å². The molecular formula is C22H23N3O5. The fraction of sp³-hybridized carbons (Fsp3) is 0.318. The second kappa shape index (κ2) is 8.06. The number of para-hydroxylation sites is 1. The molecule has 0 aromatic heterocycles. The van der Waals surface area contributed by atoms with E-state index in [1.165, 1.54) is 7.11 Å². The number of nitrogens with zero attached hydrogens (tertiary/aromatic N) is 2. The van der Waals surface area contributed by atoms with E-state index in [9.17, 15) is 19.5 Å². The molecule has 0 saturated carbocycles. The maximum absolute atomic E-state index is 13.0. The fourth-order valence-corrected chi connectivity index (χ4v) is 3.98. The quantitative estimate of drug-likeness (QED) is 0.778. The lowest BCUT2D eigenvalue weighted by molar-refractivity contribution is -0.152. The third-order valence-corrected chi connectivity index (χ3v) is 5.58. The SMILES string of the molecule is COc1ccccc1C(=O)N1CCN2C(=O)[C@@H](Cc3ccc(O)cc3)NC(=O)[C@H]2C1. The van der Waals surface area contributed by atoms with Crippen molar-refractivity contribution in [3.63, 3.8) is 0 Å². The number of piperazine rings is 2. The average Bonchev–Trinajstić information content (AvgIpc) is 2.78. The van der Waals surface area contributed by atoms with Crippen molar-refractivity contribution >= 4 is 17.7 Å². The zero-order chi connectivity index (χ0) is 21.3. The number of phenolic OH excluding ortho intramolecular Hbond substituents is 1. The number of carbonyl (C=O) groups excluding carboxylic acids is 3. The van der Waals surface area contributed by atoms with Crippen LogP contribution in [0.2, 0.25) is 0 Å². The Hall–Kier alpha value is -3.55. The van der Waals surface area contributed by atoms with Gasteiger partial charge < -0.3 is 25.0 Å². The molecule has 2 aromatic rings. The number of rotatable bonds is 4. The van der Waals surface area contributed by atoms with E-state index in [2.05, 4.69) is 5.32 Å². The molecule has 8 nitrogen and oxygen atoms in total. The van der Waals surface area contributed by atoms with Crippen LogP contribution in [0.3, 0.4) is 0 Å². The summed E-state index contributed by atoms with van der Waals surface area (Å²) in [6, 6.07) is 12.1. The van der Waals surface area contributed by atoms with Gasteiger partial charge in [0.15, 0.2) is 0 Å². The normalized spacial score (nSPS) is 21.1. The van der Waals surface area contributed by atoms with Gasteiger partial charge >= 0.3 is 0 Å². The minimum atomic E-state index is -0.707. The first kappa shape index (κ1) is 19.8. The van der Waals surface area contributed by atoms with Crippen molar-refractivity contribution in [1.82, 2.24) is 15.1 Å². The topological polar surface area (TPSA) is 99.2 Å². The molecule has 2 saturated heterocycles. The number of hydrogen-bond donors (Lipinski definition) is 2. The molecule has 8 heteroatoms. The smallest absolute Gasteiger partial charge is 0.257 e. The number of methoxy groups -OCH3 is 1. The number of hydrogen-bond acceptors (Lipinski definition) is 5. The summed E-state index contributed by atoms with van der Waals surface area (Å²) >= 11 is 0. The third kappa shape index (κ3) is 3.68. The Kier molecular flexibility index (Phi) is 5.31. The van der Waals surface area contributed by atoms with Crippen molar-refractivity contribution in [2.24, 2.45) is 0 Å². The van der Waals surface area contributed by atoms with Crippen molar-refractivity contribution in [2.45, 2.75) is 18.5 Å². The Balaban J connectivity index is 1.47. The van der Waals surface area contributed by atoms with Gasteiger partial charge in [-0.3, -0.25) is 14.4 Å². The number of amides is 3. The molecule has 2 atom stereocenters. The molecule has 0 unspecified atom stereocenters. The summed E-state index contributed by atoms with van der Waals surface area (Å²) in [6.45, 7) is 0.780. The van der Waals surface area contributed by atoms with E-state index in [1.807, 2.05) is 0 Å². The van der Waals surface area contributed by atoms with E-state index < -0.39 is 12.1 Å². The summed E-state index contributed by atoms with van der Waals surface area (Å²) < 4.78 is 5.27. The van der Waals surface area contributed by atoms with Gasteiger partial charge in [-0.05, 0) is 29.8 Å². The Morgan fingerprint density at radius 1 is 1.13 bits per heavy atom. The summed E-state index contributed by atoms with van der Waals surface area (Å²) in [7, 11) is 1.51. The predicted octanol–water partition coefficient (Wildman–Crippen LogP) is 0.795. The van der Waals surface area contributed by atoms with Gasteiger partial charge in [-0.2, -0.15) is 0 Å². The minimum Gasteiger partial charge on any atom is -0.508 e. The maximum Gasteiger partial charge on any atom is 0.257 e. The van der Waals surface area contributed by atoms with E-state index in [0.29, 0.717) is 30.8 Å². The molecule has 2 aliphatic rings. The van der Waals surface area contributed by atoms with Crippen LogP contribution in [0.5, 0.6) is 11.5 Å². The van der Waals surface area contributed by atoms with Crippen LogP contribution in [0.15, 0.2) is 48.5 Å². The standard InChI is InChI=1S/C22H23N3O5/c1-30-19-5-3-2-4-16(19)21(28)24-10-11-25-18(13-24)20(27)23-17(22(25)29)12-14-6-8-15(26)9-7-14/h2-9,17-18,26H,10-13H2,1H3,(H,23,27)/t17-,18-/m1/s1. The lowest BCUT2D eigenvalue weighted by Gasteiger charge is -2.45. The molecule has 3 amide bonds. The summed E-state index contributed by atoms with van der Waals surface area (Å²) in [5, 5.41) is 12.2. The van der Waals surface area contributed by atoms with Gasteiger partial charge in [-0.15, -0.1) is 0 Å². The van der Waals surface area contributed by atoms with Crippen molar-refractivity contribution in [2.75, 3.05) is 26.7 Å². The molecule has 156 valence electrons. The van der Waals surface area contributed by atoms with Gasteiger partial charge in [0, 0.05) is 19.5 Å². The summed E-state index contributed by atoms with van der Waals surface area (Å²) in [5.41, 5.74) is 1.27. The number of carbonyl (C=O) groups is 3. The highest BCUT2D eigenvalue weighted by atomic mass is 16.5. The first-order chi connectivity index (χ1) is 14.5. The van der Waals surface area contributed by atoms with E-state index in [0.717, 1.165) is 5.56 Å². The Labute approximate surface area is 174 Å². The molecule has 2 heterocycles. The van der Waals surface area contributed by atoms with Crippen LogP contribution < -0.4 is 10.1 Å². The fourth-order valence-electron chi connectivity index (χ4n) is 3.98. The van der Waals surface area contributed by atoms with Crippen molar-refractivity contribution in [3.05, 3.63) is 59.7 Å². The monoisotopic (exact) mass is 409 g/mol. The van der Waals surface area contributed by atoms with E-state index in [-0.39, 0.29) is 30.0 Å². The number of phenols is 1. The number of benzene rings is 2. The Morgan fingerprint density at radius 2 is 1.87 bits per heavy atom. The molecule has 2 fully saturated rings. The highest BCUT2D eigenvalue weighted by molar-refractivity contribution is 6.00. The molecular weight excluding hydrogens is 386 g/mol. The molecule has 2 aliphatic heterocycles. The van der Waals surface area contributed by atoms with Crippen LogP contribution in [0, 0.1) is 0 Å². The van der Waals surface area contributed by atoms with Gasteiger partial charge in [0.05, 0.1) is 19.2 Å². The molecule has 30 heavy (non-hydrogen) atoms. The minimum absolute atomic E-state index is 0.139. The van der Waals surface area contributed by atoms with Crippen LogP contribution in [-0.2, 0) is 16.0 Å². The molecule has 0 aliphatic carbocycles. The molecule has 0 radical (unpaired) electrons. The summed E-state index contributed by atoms with van der Waals surface area (Å²) in [4.78, 5) is 41.8. The van der Waals surface area contributed by atoms with Gasteiger partial charge in [-0.1, -0.05) is 24.3 Å². The average molecular weight is 409 g/mol. The van der Waals surface area contributed by atoms with Crippen molar-refractivity contribution < 1.29 is 24.2 Å². The Morgan fingerprint density at radius 3 is 2.60 bits per heavy atom. The van der Waals surface area contributed by atoms with Gasteiger partial charge in [0.25, 0.3) is 5.91 Å². The maximum atomic E-state index is 13.0. The molecule has 0 spiro atoms. The first-order valence-electron chi connectivity index (χ1n) is 9.79. The van der Waals surface area contributed by atoms with Gasteiger partial charge in [0.2, 0.25) is 11.8 Å². The molecule has 4 rings (SSSR count). The van der Waals surface area contributed by atoms with Crippen molar-refractivity contribution in [3.8, 4) is 11.5 Å². The number of aromatic hydroxyl groups is 1. The van der Waals surface area contributed by atoms with Gasteiger partial charge in [0.1, 0.15) is 23.6 Å². The zero-order valence-corrected chi connectivity index (χ0v) is 16.6. The predicted molar refractivity (Wildman–Crippen MR) is 108 cm³/mol.